The third-order valence-electron chi connectivity index (χ3n) is 3.70. The number of aromatic nitrogens is 1. The number of nitriles is 1. The van der Waals surface area contributed by atoms with Gasteiger partial charge in [-0.3, -0.25) is 0 Å². The Balaban J connectivity index is 3.48. The highest BCUT2D eigenvalue weighted by Gasteiger charge is 2.17. The summed E-state index contributed by atoms with van der Waals surface area (Å²) in [6, 6.07) is 2.34. The molecule has 0 N–H and O–H groups in total. The van der Waals surface area contributed by atoms with Gasteiger partial charge < -0.3 is 0 Å². The molecule has 0 atom stereocenters. The summed E-state index contributed by atoms with van der Waals surface area (Å²) in [5, 5.41) is 9.44. The maximum Gasteiger partial charge on any atom is 0.144 e. The van der Waals surface area contributed by atoms with Crippen molar-refractivity contribution in [2.75, 3.05) is 0 Å². The lowest BCUT2D eigenvalue weighted by Crippen LogP contribution is -2.11. The smallest absolute Gasteiger partial charge is 0.144 e. The SMILES string of the molecule is CCCc1nc(C#N)c(CCC)c(CCC)c1CCC. The standard InChI is InChI=1S/C18H28N2/c1-5-9-14-15(10-6-2)17(12-8-4)20-18(13-19)16(14)11-7-3/h5-12H2,1-4H3. The number of hydrogen-bond donors (Lipinski definition) is 0. The summed E-state index contributed by atoms with van der Waals surface area (Å²) in [5.41, 5.74) is 5.96. The zero-order valence-corrected chi connectivity index (χ0v) is 13.6. The van der Waals surface area contributed by atoms with Gasteiger partial charge in [0.15, 0.2) is 0 Å². The second kappa shape index (κ2) is 8.74. The van der Waals surface area contributed by atoms with Gasteiger partial charge in [-0.25, -0.2) is 4.98 Å². The second-order valence-electron chi connectivity index (χ2n) is 5.45. The molecule has 0 unspecified atom stereocenters. The van der Waals surface area contributed by atoms with E-state index in [9.17, 15) is 5.26 Å². The van der Waals surface area contributed by atoms with Crippen molar-refractivity contribution in [1.82, 2.24) is 4.98 Å². The van der Waals surface area contributed by atoms with Crippen LogP contribution in [0.1, 0.15) is 81.5 Å². The van der Waals surface area contributed by atoms with Crippen LogP contribution in [-0.4, -0.2) is 4.98 Å². The van der Waals surface area contributed by atoms with E-state index in [1.165, 1.54) is 22.4 Å². The first kappa shape index (κ1) is 16.7. The molecule has 0 spiro atoms. The van der Waals surface area contributed by atoms with Crippen LogP contribution in [0.2, 0.25) is 0 Å². The van der Waals surface area contributed by atoms with Gasteiger partial charge in [0, 0.05) is 5.69 Å². The number of nitrogens with zero attached hydrogens (tertiary/aromatic N) is 2. The van der Waals surface area contributed by atoms with Crippen LogP contribution in [0.25, 0.3) is 0 Å². The zero-order valence-electron chi connectivity index (χ0n) is 13.6. The van der Waals surface area contributed by atoms with Crippen molar-refractivity contribution in [3.63, 3.8) is 0 Å². The predicted molar refractivity (Wildman–Crippen MR) is 84.9 cm³/mol. The van der Waals surface area contributed by atoms with Crippen LogP contribution in [0.5, 0.6) is 0 Å². The first-order chi connectivity index (χ1) is 9.73. The van der Waals surface area contributed by atoms with Crippen LogP contribution in [0.3, 0.4) is 0 Å². The largest absolute Gasteiger partial charge is 0.242 e. The van der Waals surface area contributed by atoms with Gasteiger partial charge >= 0.3 is 0 Å². The lowest BCUT2D eigenvalue weighted by molar-refractivity contribution is 0.771. The van der Waals surface area contributed by atoms with Crippen molar-refractivity contribution < 1.29 is 0 Å². The molecule has 1 rings (SSSR count). The molecular formula is C18H28N2. The molecule has 1 heterocycles. The van der Waals surface area contributed by atoms with Gasteiger partial charge in [0.2, 0.25) is 0 Å². The Hall–Kier alpha value is -1.36. The third-order valence-corrected chi connectivity index (χ3v) is 3.70. The van der Waals surface area contributed by atoms with E-state index in [0.717, 1.165) is 51.4 Å². The molecule has 0 aliphatic carbocycles. The van der Waals surface area contributed by atoms with E-state index >= 15 is 0 Å². The zero-order chi connectivity index (χ0) is 15.0. The molecule has 1 aromatic rings. The first-order valence-corrected chi connectivity index (χ1v) is 8.16. The fraction of sp³-hybridized carbons (Fsp3) is 0.667. The van der Waals surface area contributed by atoms with Crippen molar-refractivity contribution >= 4 is 0 Å². The normalized spacial score (nSPS) is 10.6. The van der Waals surface area contributed by atoms with Crippen molar-refractivity contribution in [2.45, 2.75) is 79.1 Å². The Morgan fingerprint density at radius 2 is 1.25 bits per heavy atom. The van der Waals surface area contributed by atoms with Crippen LogP contribution in [0, 0.1) is 11.3 Å². The molecule has 1 aromatic heterocycles. The summed E-state index contributed by atoms with van der Waals surface area (Å²) in [5.74, 6) is 0. The molecule has 0 aliphatic heterocycles. The molecule has 0 aliphatic rings. The van der Waals surface area contributed by atoms with Gasteiger partial charge in [-0.2, -0.15) is 5.26 Å². The number of rotatable bonds is 8. The highest BCUT2D eigenvalue weighted by Crippen LogP contribution is 2.26. The summed E-state index contributed by atoms with van der Waals surface area (Å²) in [6.07, 6.45) is 8.60. The van der Waals surface area contributed by atoms with Gasteiger partial charge in [0.25, 0.3) is 0 Å². The van der Waals surface area contributed by atoms with Crippen molar-refractivity contribution in [3.8, 4) is 6.07 Å². The first-order valence-electron chi connectivity index (χ1n) is 8.16. The molecule has 0 saturated heterocycles. The van der Waals surface area contributed by atoms with E-state index in [-0.39, 0.29) is 0 Å². The van der Waals surface area contributed by atoms with Crippen LogP contribution in [-0.2, 0) is 25.7 Å². The number of hydrogen-bond acceptors (Lipinski definition) is 2. The monoisotopic (exact) mass is 272 g/mol. The van der Waals surface area contributed by atoms with Crippen LogP contribution in [0.15, 0.2) is 0 Å². The maximum absolute atomic E-state index is 9.44. The summed E-state index contributed by atoms with van der Waals surface area (Å²) >= 11 is 0. The predicted octanol–water partition coefficient (Wildman–Crippen LogP) is 4.76. The molecular weight excluding hydrogens is 244 g/mol. The second-order valence-corrected chi connectivity index (χ2v) is 5.45. The average molecular weight is 272 g/mol. The van der Waals surface area contributed by atoms with Gasteiger partial charge in [0.05, 0.1) is 0 Å². The van der Waals surface area contributed by atoms with E-state index in [4.69, 9.17) is 4.98 Å². The Morgan fingerprint density at radius 1 is 0.750 bits per heavy atom. The van der Waals surface area contributed by atoms with Gasteiger partial charge in [-0.15, -0.1) is 0 Å². The number of pyridine rings is 1. The fourth-order valence-corrected chi connectivity index (χ4v) is 2.92. The summed E-state index contributed by atoms with van der Waals surface area (Å²) < 4.78 is 0. The van der Waals surface area contributed by atoms with Crippen LogP contribution >= 0.6 is 0 Å². The molecule has 0 aromatic carbocycles. The Labute approximate surface area is 124 Å². The molecule has 0 fully saturated rings. The van der Waals surface area contributed by atoms with E-state index in [2.05, 4.69) is 33.8 Å². The minimum atomic E-state index is 0.679. The minimum Gasteiger partial charge on any atom is -0.242 e. The topological polar surface area (TPSA) is 36.7 Å². The molecule has 0 amide bonds. The highest BCUT2D eigenvalue weighted by atomic mass is 14.7. The molecule has 0 saturated carbocycles. The molecule has 20 heavy (non-hydrogen) atoms. The van der Waals surface area contributed by atoms with Gasteiger partial charge in [0.1, 0.15) is 11.8 Å². The Morgan fingerprint density at radius 3 is 1.75 bits per heavy atom. The Bertz CT molecular complexity index is 469. The van der Waals surface area contributed by atoms with Crippen LogP contribution < -0.4 is 0 Å². The quantitative estimate of drug-likeness (QED) is 0.684. The lowest BCUT2D eigenvalue weighted by Gasteiger charge is -2.19. The van der Waals surface area contributed by atoms with E-state index < -0.39 is 0 Å². The highest BCUT2D eigenvalue weighted by molar-refractivity contribution is 5.45. The summed E-state index contributed by atoms with van der Waals surface area (Å²) in [6.45, 7) is 8.81. The van der Waals surface area contributed by atoms with Crippen molar-refractivity contribution in [2.24, 2.45) is 0 Å². The minimum absolute atomic E-state index is 0.679. The molecule has 2 heteroatoms. The number of aryl methyl sites for hydroxylation is 1. The molecule has 0 bridgehead atoms. The molecule has 0 radical (unpaired) electrons. The third kappa shape index (κ3) is 3.82. The summed E-state index contributed by atoms with van der Waals surface area (Å²) in [4.78, 5) is 4.70. The Kier molecular flexibility index (Phi) is 7.30. The fourth-order valence-electron chi connectivity index (χ4n) is 2.92. The summed E-state index contributed by atoms with van der Waals surface area (Å²) in [7, 11) is 0. The molecule has 110 valence electrons. The van der Waals surface area contributed by atoms with Gasteiger partial charge in [-0.1, -0.05) is 53.4 Å². The van der Waals surface area contributed by atoms with Crippen molar-refractivity contribution in [1.29, 1.82) is 5.26 Å². The van der Waals surface area contributed by atoms with E-state index in [1.54, 1.807) is 0 Å². The maximum atomic E-state index is 9.44. The average Bonchev–Trinajstić information content (AvgIpc) is 2.45. The lowest BCUT2D eigenvalue weighted by atomic mass is 9.89. The van der Waals surface area contributed by atoms with Gasteiger partial charge in [-0.05, 0) is 42.4 Å². The van der Waals surface area contributed by atoms with Crippen LogP contribution in [0.4, 0.5) is 0 Å². The molecule has 2 nitrogen and oxygen atoms in total. The van der Waals surface area contributed by atoms with E-state index in [1.807, 2.05) is 0 Å². The van der Waals surface area contributed by atoms with Crippen molar-refractivity contribution in [3.05, 3.63) is 28.1 Å². The van der Waals surface area contributed by atoms with E-state index in [0.29, 0.717) is 5.69 Å².